The summed E-state index contributed by atoms with van der Waals surface area (Å²) in [6.07, 6.45) is 4.95. The standard InChI is InChI=1S/C23H32N2O4S2/c1-14(2)29-23(26)25-18-9-7-17(8-10-18)22-24-13-20(30-22)19-11-6-16(5)12-21(19)31(27,28)15(3)4/h6,11-15,17-18H,7-10H2,1-5H3,(H,25,26). The first-order chi connectivity index (χ1) is 14.6. The lowest BCUT2D eigenvalue weighted by atomic mass is 9.86. The lowest BCUT2D eigenvalue weighted by molar-refractivity contribution is 0.109. The fraction of sp³-hybridized carbons (Fsp3) is 0.565. The summed E-state index contributed by atoms with van der Waals surface area (Å²) in [5.41, 5.74) is 1.66. The molecule has 1 N–H and O–H groups in total. The van der Waals surface area contributed by atoms with Gasteiger partial charge in [-0.1, -0.05) is 12.1 Å². The number of thiazole rings is 1. The van der Waals surface area contributed by atoms with Gasteiger partial charge in [0.2, 0.25) is 0 Å². The number of rotatable bonds is 6. The van der Waals surface area contributed by atoms with Gasteiger partial charge in [0.05, 0.1) is 26.1 Å². The van der Waals surface area contributed by atoms with Crippen LogP contribution in [-0.2, 0) is 14.6 Å². The quantitative estimate of drug-likeness (QED) is 0.613. The van der Waals surface area contributed by atoms with E-state index in [2.05, 4.69) is 10.3 Å². The second-order valence-electron chi connectivity index (χ2n) is 8.80. The molecule has 170 valence electrons. The van der Waals surface area contributed by atoms with Crippen molar-refractivity contribution in [3.8, 4) is 10.4 Å². The first-order valence-electron chi connectivity index (χ1n) is 10.9. The van der Waals surface area contributed by atoms with Crippen molar-refractivity contribution in [3.63, 3.8) is 0 Å². The Hall–Kier alpha value is -1.93. The molecule has 1 fully saturated rings. The molecule has 0 spiro atoms. The summed E-state index contributed by atoms with van der Waals surface area (Å²) in [6, 6.07) is 5.73. The van der Waals surface area contributed by atoms with Gasteiger partial charge in [0, 0.05) is 23.7 Å². The summed E-state index contributed by atoms with van der Waals surface area (Å²) in [7, 11) is -3.39. The van der Waals surface area contributed by atoms with Gasteiger partial charge in [0.1, 0.15) is 0 Å². The number of aromatic nitrogens is 1. The van der Waals surface area contributed by atoms with E-state index in [4.69, 9.17) is 4.74 Å². The average molecular weight is 465 g/mol. The van der Waals surface area contributed by atoms with Crippen LogP contribution in [0.1, 0.15) is 69.9 Å². The van der Waals surface area contributed by atoms with Crippen molar-refractivity contribution in [1.29, 1.82) is 0 Å². The monoisotopic (exact) mass is 464 g/mol. The van der Waals surface area contributed by atoms with Crippen molar-refractivity contribution in [2.75, 3.05) is 0 Å². The zero-order valence-electron chi connectivity index (χ0n) is 18.8. The highest BCUT2D eigenvalue weighted by Gasteiger charge is 2.28. The number of aryl methyl sites for hydroxylation is 1. The van der Waals surface area contributed by atoms with E-state index in [0.29, 0.717) is 10.8 Å². The zero-order chi connectivity index (χ0) is 22.8. The molecule has 1 amide bonds. The van der Waals surface area contributed by atoms with Gasteiger partial charge >= 0.3 is 6.09 Å². The van der Waals surface area contributed by atoms with E-state index in [-0.39, 0.29) is 18.2 Å². The molecular formula is C23H32N2O4S2. The molecule has 0 saturated heterocycles. The van der Waals surface area contributed by atoms with Crippen LogP contribution in [-0.4, -0.2) is 36.9 Å². The summed E-state index contributed by atoms with van der Waals surface area (Å²) >= 11 is 1.58. The fourth-order valence-corrected chi connectivity index (χ4v) is 6.36. The molecule has 1 aliphatic carbocycles. The first kappa shape index (κ1) is 23.7. The van der Waals surface area contributed by atoms with Crippen LogP contribution in [0.25, 0.3) is 10.4 Å². The number of sulfone groups is 1. The molecule has 31 heavy (non-hydrogen) atoms. The Morgan fingerprint density at radius 2 is 1.84 bits per heavy atom. The summed E-state index contributed by atoms with van der Waals surface area (Å²) in [6.45, 7) is 9.00. The van der Waals surface area contributed by atoms with E-state index in [9.17, 15) is 13.2 Å². The van der Waals surface area contributed by atoms with Gasteiger partial charge in [-0.15, -0.1) is 11.3 Å². The van der Waals surface area contributed by atoms with Crippen LogP contribution in [0.5, 0.6) is 0 Å². The minimum absolute atomic E-state index is 0.127. The molecule has 3 rings (SSSR count). The predicted molar refractivity (Wildman–Crippen MR) is 124 cm³/mol. The van der Waals surface area contributed by atoms with Crippen LogP contribution in [0.15, 0.2) is 29.3 Å². The van der Waals surface area contributed by atoms with Gasteiger partial charge < -0.3 is 10.1 Å². The summed E-state index contributed by atoms with van der Waals surface area (Å²) in [5.74, 6) is 0.327. The van der Waals surface area contributed by atoms with Crippen LogP contribution in [0.4, 0.5) is 4.79 Å². The van der Waals surface area contributed by atoms with Crippen LogP contribution in [0.2, 0.25) is 0 Å². The number of hydrogen-bond acceptors (Lipinski definition) is 6. The molecule has 0 radical (unpaired) electrons. The molecule has 0 atom stereocenters. The third-order valence-electron chi connectivity index (χ3n) is 5.59. The highest BCUT2D eigenvalue weighted by atomic mass is 32.2. The molecule has 1 heterocycles. The molecule has 1 saturated carbocycles. The Bertz CT molecular complexity index is 1020. The fourth-order valence-electron chi connectivity index (χ4n) is 3.82. The molecule has 1 aromatic carbocycles. The molecule has 6 nitrogen and oxygen atoms in total. The SMILES string of the molecule is Cc1ccc(-c2cnc(C3CCC(NC(=O)OC(C)C)CC3)s2)c(S(=O)(=O)C(C)C)c1. The Labute approximate surface area is 189 Å². The number of nitrogens with zero attached hydrogens (tertiary/aromatic N) is 1. The van der Waals surface area contributed by atoms with E-state index in [1.165, 1.54) is 0 Å². The van der Waals surface area contributed by atoms with Crippen LogP contribution in [0.3, 0.4) is 0 Å². The summed E-state index contributed by atoms with van der Waals surface area (Å²) in [5, 5.41) is 3.50. The van der Waals surface area contributed by atoms with E-state index < -0.39 is 15.1 Å². The summed E-state index contributed by atoms with van der Waals surface area (Å²) < 4.78 is 31.0. The van der Waals surface area contributed by atoms with Gasteiger partial charge in [-0.3, -0.25) is 0 Å². The highest BCUT2D eigenvalue weighted by molar-refractivity contribution is 7.92. The highest BCUT2D eigenvalue weighted by Crippen LogP contribution is 2.40. The van der Waals surface area contributed by atoms with Crippen molar-refractivity contribution in [3.05, 3.63) is 35.0 Å². The van der Waals surface area contributed by atoms with Crippen LogP contribution < -0.4 is 5.32 Å². The number of hydrogen-bond donors (Lipinski definition) is 1. The van der Waals surface area contributed by atoms with E-state index in [1.807, 2.05) is 32.9 Å². The molecule has 1 aliphatic rings. The number of alkyl carbamates (subject to hydrolysis) is 1. The molecule has 1 aromatic heterocycles. The number of ether oxygens (including phenoxy) is 1. The topological polar surface area (TPSA) is 85.4 Å². The number of carbonyl (C=O) groups is 1. The minimum Gasteiger partial charge on any atom is -0.447 e. The smallest absolute Gasteiger partial charge is 0.407 e. The second-order valence-corrected chi connectivity index (χ2v) is 12.3. The third-order valence-corrected chi connectivity index (χ3v) is 8.98. The maximum atomic E-state index is 12.9. The number of amides is 1. The maximum absolute atomic E-state index is 12.9. The maximum Gasteiger partial charge on any atom is 0.407 e. The Balaban J connectivity index is 1.73. The molecular weight excluding hydrogens is 432 g/mol. The van der Waals surface area contributed by atoms with Crippen LogP contribution in [0, 0.1) is 6.92 Å². The summed E-state index contributed by atoms with van der Waals surface area (Å²) in [4.78, 5) is 17.7. The van der Waals surface area contributed by atoms with E-state index >= 15 is 0 Å². The van der Waals surface area contributed by atoms with Gasteiger partial charge in [0.15, 0.2) is 9.84 Å². The van der Waals surface area contributed by atoms with Crippen molar-refractivity contribution in [1.82, 2.24) is 10.3 Å². The number of nitrogens with one attached hydrogen (secondary N) is 1. The zero-order valence-corrected chi connectivity index (χ0v) is 20.5. The minimum atomic E-state index is -3.39. The Morgan fingerprint density at radius 1 is 1.16 bits per heavy atom. The third kappa shape index (κ3) is 5.66. The Kier molecular flexibility index (Phi) is 7.42. The number of carbonyl (C=O) groups excluding carboxylic acids is 1. The van der Waals surface area contributed by atoms with Gasteiger partial charge in [-0.25, -0.2) is 18.2 Å². The van der Waals surface area contributed by atoms with Gasteiger partial charge in [-0.2, -0.15) is 0 Å². The second kappa shape index (κ2) is 9.69. The van der Waals surface area contributed by atoms with Crippen molar-refractivity contribution < 1.29 is 17.9 Å². The normalized spacial score (nSPS) is 19.6. The van der Waals surface area contributed by atoms with Gasteiger partial charge in [0.25, 0.3) is 0 Å². The predicted octanol–water partition coefficient (Wildman–Crippen LogP) is 5.46. The lowest BCUT2D eigenvalue weighted by Crippen LogP contribution is -2.38. The number of benzene rings is 1. The average Bonchev–Trinajstić information content (AvgIpc) is 3.17. The first-order valence-corrected chi connectivity index (χ1v) is 13.2. The van der Waals surface area contributed by atoms with Crippen molar-refractivity contribution in [2.24, 2.45) is 0 Å². The molecule has 8 heteroatoms. The van der Waals surface area contributed by atoms with Crippen molar-refractivity contribution >= 4 is 27.3 Å². The van der Waals surface area contributed by atoms with Crippen LogP contribution >= 0.6 is 11.3 Å². The molecule has 0 aliphatic heterocycles. The van der Waals surface area contributed by atoms with Gasteiger partial charge in [-0.05, 0) is 71.9 Å². The largest absolute Gasteiger partial charge is 0.447 e. The molecule has 0 bridgehead atoms. The Morgan fingerprint density at radius 3 is 2.45 bits per heavy atom. The lowest BCUT2D eigenvalue weighted by Gasteiger charge is -2.28. The molecule has 2 aromatic rings. The van der Waals surface area contributed by atoms with E-state index in [0.717, 1.165) is 46.7 Å². The molecule has 0 unspecified atom stereocenters. The van der Waals surface area contributed by atoms with E-state index in [1.54, 1.807) is 37.4 Å². The van der Waals surface area contributed by atoms with Crippen molar-refractivity contribution in [2.45, 2.75) is 88.5 Å².